The number of nitrogens with zero attached hydrogens (tertiary/aromatic N) is 3. The van der Waals surface area contributed by atoms with Crippen molar-refractivity contribution >= 4 is 17.8 Å². The van der Waals surface area contributed by atoms with Crippen LogP contribution in [0.3, 0.4) is 0 Å². The maximum Gasteiger partial charge on any atom is 0.326 e. The summed E-state index contributed by atoms with van der Waals surface area (Å²) in [5.41, 5.74) is 2.19. The predicted molar refractivity (Wildman–Crippen MR) is 155 cm³/mol. The zero-order valence-corrected chi connectivity index (χ0v) is 24.8. The number of carboxylic acids is 1. The Morgan fingerprint density at radius 2 is 1.90 bits per heavy atom. The summed E-state index contributed by atoms with van der Waals surface area (Å²) >= 11 is 0. The number of ether oxygens (including phenoxy) is 1. The van der Waals surface area contributed by atoms with Crippen LogP contribution in [0.5, 0.6) is 0 Å². The van der Waals surface area contributed by atoms with Gasteiger partial charge < -0.3 is 30.3 Å². The summed E-state index contributed by atoms with van der Waals surface area (Å²) < 4.78 is 5.96. The third kappa shape index (κ3) is 10.3. The molecule has 2 aliphatic heterocycles. The van der Waals surface area contributed by atoms with Crippen molar-refractivity contribution in [2.75, 3.05) is 38.1 Å². The van der Waals surface area contributed by atoms with Gasteiger partial charge in [0.2, 0.25) is 0 Å². The molecule has 3 rings (SSSR count). The van der Waals surface area contributed by atoms with E-state index in [0.29, 0.717) is 19.6 Å². The third-order valence-corrected chi connectivity index (χ3v) is 7.81. The van der Waals surface area contributed by atoms with Gasteiger partial charge in [-0.25, -0.2) is 14.6 Å². The number of carbonyl (C=O) groups is 2. The molecule has 0 spiro atoms. The smallest absolute Gasteiger partial charge is 0.326 e. The first-order valence-corrected chi connectivity index (χ1v) is 14.9. The number of aryl methyl sites for hydroxylation is 2. The Balaban J connectivity index is 1.52. The number of urea groups is 1. The first-order valence-electron chi connectivity index (χ1n) is 14.9. The number of anilines is 1. The fourth-order valence-corrected chi connectivity index (χ4v) is 5.58. The minimum Gasteiger partial charge on any atom is -0.480 e. The summed E-state index contributed by atoms with van der Waals surface area (Å²) in [5.74, 6) is 0.0495. The molecule has 2 aliphatic rings. The molecular formula is C30H51N5O4. The minimum absolute atomic E-state index is 0.120. The maximum absolute atomic E-state index is 13.0. The Hall–Kier alpha value is -2.39. The van der Waals surface area contributed by atoms with E-state index in [1.807, 2.05) is 39.5 Å². The van der Waals surface area contributed by atoms with Crippen LogP contribution in [0.15, 0.2) is 12.1 Å². The Morgan fingerprint density at radius 1 is 1.15 bits per heavy atom. The number of unbranched alkanes of at least 4 members (excludes halogenated alkanes) is 1. The molecule has 220 valence electrons. The van der Waals surface area contributed by atoms with Gasteiger partial charge in [0.05, 0.1) is 12.2 Å². The van der Waals surface area contributed by atoms with Crippen LogP contribution in [0.2, 0.25) is 0 Å². The van der Waals surface area contributed by atoms with Crippen LogP contribution in [0.4, 0.5) is 10.6 Å². The van der Waals surface area contributed by atoms with Gasteiger partial charge in [-0.05, 0) is 111 Å². The number of aliphatic carboxylic acids is 1. The number of piperidine rings is 1. The van der Waals surface area contributed by atoms with Crippen LogP contribution in [-0.2, 0) is 22.4 Å². The van der Waals surface area contributed by atoms with Crippen LogP contribution in [-0.4, -0.2) is 88.4 Å². The van der Waals surface area contributed by atoms with Crippen molar-refractivity contribution < 1.29 is 19.4 Å². The van der Waals surface area contributed by atoms with Gasteiger partial charge in [0, 0.05) is 37.4 Å². The summed E-state index contributed by atoms with van der Waals surface area (Å²) in [4.78, 5) is 34.0. The molecular weight excluding hydrogens is 494 g/mol. The highest BCUT2D eigenvalue weighted by Crippen LogP contribution is 2.23. The van der Waals surface area contributed by atoms with Gasteiger partial charge in [-0.3, -0.25) is 0 Å². The molecule has 1 fully saturated rings. The second-order valence-electron chi connectivity index (χ2n) is 12.3. The number of amides is 2. The van der Waals surface area contributed by atoms with Gasteiger partial charge >= 0.3 is 12.0 Å². The lowest BCUT2D eigenvalue weighted by atomic mass is 9.98. The zero-order valence-electron chi connectivity index (χ0n) is 24.8. The highest BCUT2D eigenvalue weighted by Gasteiger charge is 2.31. The van der Waals surface area contributed by atoms with Crippen molar-refractivity contribution in [2.24, 2.45) is 0 Å². The second-order valence-corrected chi connectivity index (χ2v) is 12.3. The average molecular weight is 546 g/mol. The van der Waals surface area contributed by atoms with Gasteiger partial charge in [-0.2, -0.15) is 0 Å². The van der Waals surface area contributed by atoms with E-state index in [2.05, 4.69) is 27.7 Å². The molecule has 0 saturated carbocycles. The number of rotatable bonds is 13. The Labute approximate surface area is 235 Å². The fourth-order valence-electron chi connectivity index (χ4n) is 5.58. The van der Waals surface area contributed by atoms with Crippen LogP contribution < -0.4 is 10.6 Å². The van der Waals surface area contributed by atoms with Gasteiger partial charge in [0.15, 0.2) is 0 Å². The van der Waals surface area contributed by atoms with Crippen molar-refractivity contribution in [3.8, 4) is 0 Å². The molecule has 0 unspecified atom stereocenters. The minimum atomic E-state index is -0.987. The van der Waals surface area contributed by atoms with Crippen LogP contribution in [0, 0.1) is 0 Å². The monoisotopic (exact) mass is 545 g/mol. The molecule has 1 aromatic heterocycles. The van der Waals surface area contributed by atoms with Crippen molar-refractivity contribution in [3.05, 3.63) is 23.4 Å². The van der Waals surface area contributed by atoms with Crippen molar-refractivity contribution in [1.29, 1.82) is 0 Å². The number of aromatic nitrogens is 1. The van der Waals surface area contributed by atoms with E-state index in [1.54, 1.807) is 0 Å². The largest absolute Gasteiger partial charge is 0.480 e. The number of pyridine rings is 1. The molecule has 0 aromatic carbocycles. The van der Waals surface area contributed by atoms with Crippen molar-refractivity contribution in [2.45, 2.75) is 116 Å². The first kappa shape index (κ1) is 31.1. The highest BCUT2D eigenvalue weighted by atomic mass is 16.5. The van der Waals surface area contributed by atoms with Crippen molar-refractivity contribution in [1.82, 2.24) is 20.1 Å². The standard InChI is InChI=1S/C30H51N5O4/c1-22-10-8-11-23(2)35(22)29(38)33-26(28(36)37)16-19-34(20-21-39-30(3,4)5)18-7-6-13-25-15-14-24-12-9-17-31-27(24)32-25/h14-15,22-23,26H,6-13,16-21H2,1-5H3,(H,31,32)(H,33,38)(H,36,37)/t22-,23-,26+/m1/s1. The van der Waals surface area contributed by atoms with Gasteiger partial charge in [-0.1, -0.05) is 6.07 Å². The quantitative estimate of drug-likeness (QED) is 0.309. The number of carbonyl (C=O) groups excluding carboxylic acids is 1. The van der Waals surface area contributed by atoms with E-state index in [1.165, 1.54) is 5.56 Å². The molecule has 39 heavy (non-hydrogen) atoms. The van der Waals surface area contributed by atoms with Gasteiger partial charge in [0.1, 0.15) is 11.9 Å². The SMILES string of the molecule is C[C@@H]1CCC[C@@H](C)N1C(=O)N[C@@H](CCN(CCCCc1ccc2c(n1)NCCC2)CCOC(C)(C)C)C(=O)O. The lowest BCUT2D eigenvalue weighted by molar-refractivity contribution is -0.139. The maximum atomic E-state index is 13.0. The molecule has 1 aromatic rings. The van der Waals surface area contributed by atoms with E-state index in [0.717, 1.165) is 82.5 Å². The molecule has 0 bridgehead atoms. The molecule has 3 heterocycles. The Morgan fingerprint density at radius 3 is 2.59 bits per heavy atom. The van der Waals surface area contributed by atoms with E-state index >= 15 is 0 Å². The van der Waals surface area contributed by atoms with E-state index < -0.39 is 12.0 Å². The molecule has 1 saturated heterocycles. The lowest BCUT2D eigenvalue weighted by Crippen LogP contribution is -2.55. The lowest BCUT2D eigenvalue weighted by Gasteiger charge is -2.39. The zero-order chi connectivity index (χ0) is 28.4. The van der Waals surface area contributed by atoms with Crippen molar-refractivity contribution in [3.63, 3.8) is 0 Å². The number of hydrogen-bond acceptors (Lipinski definition) is 6. The Bertz CT molecular complexity index is 924. The van der Waals surface area contributed by atoms with Gasteiger partial charge in [0.25, 0.3) is 0 Å². The van der Waals surface area contributed by atoms with E-state index in [-0.39, 0.29) is 23.7 Å². The molecule has 0 radical (unpaired) electrons. The molecule has 9 heteroatoms. The fraction of sp³-hybridized carbons (Fsp3) is 0.767. The summed E-state index contributed by atoms with van der Waals surface area (Å²) in [6.45, 7) is 13.9. The molecule has 3 atom stereocenters. The molecule has 0 aliphatic carbocycles. The Kier molecular flexibility index (Phi) is 11.9. The second kappa shape index (κ2) is 14.8. The third-order valence-electron chi connectivity index (χ3n) is 7.81. The summed E-state index contributed by atoms with van der Waals surface area (Å²) in [5, 5.41) is 16.1. The molecule has 3 N–H and O–H groups in total. The van der Waals surface area contributed by atoms with E-state index in [4.69, 9.17) is 9.72 Å². The van der Waals surface area contributed by atoms with E-state index in [9.17, 15) is 14.7 Å². The summed E-state index contributed by atoms with van der Waals surface area (Å²) in [6, 6.07) is 3.40. The molecule has 9 nitrogen and oxygen atoms in total. The normalized spacial score (nSPS) is 20.3. The summed E-state index contributed by atoms with van der Waals surface area (Å²) in [6.07, 6.45) is 8.51. The molecule has 2 amide bonds. The number of hydrogen-bond donors (Lipinski definition) is 3. The average Bonchev–Trinajstić information content (AvgIpc) is 2.87. The highest BCUT2D eigenvalue weighted by molar-refractivity contribution is 5.83. The number of likely N-dealkylation sites (tertiary alicyclic amines) is 1. The number of carboxylic acid groups (broad SMARTS) is 1. The predicted octanol–water partition coefficient (Wildman–Crippen LogP) is 4.70. The van der Waals surface area contributed by atoms with Crippen LogP contribution in [0.25, 0.3) is 0 Å². The first-order chi connectivity index (χ1) is 18.5. The van der Waals surface area contributed by atoms with Crippen LogP contribution >= 0.6 is 0 Å². The summed E-state index contributed by atoms with van der Waals surface area (Å²) in [7, 11) is 0. The topological polar surface area (TPSA) is 107 Å². The number of fused-ring (bicyclic) bond motifs is 1. The van der Waals surface area contributed by atoms with Gasteiger partial charge in [-0.15, -0.1) is 0 Å². The van der Waals surface area contributed by atoms with Crippen LogP contribution in [0.1, 0.15) is 90.8 Å². The number of nitrogens with one attached hydrogen (secondary N) is 2.